The molecule has 1 atom stereocenters. The van der Waals surface area contributed by atoms with Crippen molar-refractivity contribution in [2.24, 2.45) is 0 Å². The lowest BCUT2D eigenvalue weighted by atomic mass is 10.0. The van der Waals surface area contributed by atoms with Crippen LogP contribution in [0.2, 0.25) is 0 Å². The van der Waals surface area contributed by atoms with Crippen molar-refractivity contribution in [2.75, 3.05) is 6.54 Å². The van der Waals surface area contributed by atoms with E-state index in [0.29, 0.717) is 0 Å². The molecule has 0 radical (unpaired) electrons. The molecule has 1 saturated heterocycles. The van der Waals surface area contributed by atoms with Crippen LogP contribution in [-0.4, -0.2) is 22.5 Å². The lowest BCUT2D eigenvalue weighted by Gasteiger charge is -2.32. The minimum atomic E-state index is 0.728. The van der Waals surface area contributed by atoms with Crippen LogP contribution in [0.1, 0.15) is 31.9 Å². The molecule has 1 aromatic heterocycles. The molecule has 0 aliphatic carbocycles. The Morgan fingerprint density at radius 3 is 3.07 bits per heavy atom. The highest BCUT2D eigenvalue weighted by Gasteiger charge is 2.18. The fourth-order valence-corrected chi connectivity index (χ4v) is 2.09. The third-order valence-electron chi connectivity index (χ3n) is 3.03. The molecule has 76 valence electrons. The maximum absolute atomic E-state index is 4.37. The molecule has 0 amide bonds. The molecule has 2 heteroatoms. The van der Waals surface area contributed by atoms with E-state index in [2.05, 4.69) is 28.9 Å². The summed E-state index contributed by atoms with van der Waals surface area (Å²) in [6, 6.07) is 6.88. The summed E-state index contributed by atoms with van der Waals surface area (Å²) < 4.78 is 0. The van der Waals surface area contributed by atoms with Gasteiger partial charge in [-0.05, 0) is 38.4 Å². The number of likely N-dealkylation sites (tertiary alicyclic amines) is 1. The molecule has 0 saturated carbocycles. The predicted octanol–water partition coefficient (Wildman–Crippen LogP) is 2.46. The van der Waals surface area contributed by atoms with Crippen molar-refractivity contribution in [2.45, 2.75) is 38.8 Å². The summed E-state index contributed by atoms with van der Waals surface area (Å²) in [5.74, 6) is 0. The first kappa shape index (κ1) is 9.66. The molecular weight excluding hydrogens is 172 g/mol. The van der Waals surface area contributed by atoms with Gasteiger partial charge in [0.1, 0.15) is 0 Å². The number of aromatic nitrogens is 1. The molecule has 1 aromatic rings. The quantitative estimate of drug-likeness (QED) is 0.712. The van der Waals surface area contributed by atoms with Gasteiger partial charge < -0.3 is 0 Å². The van der Waals surface area contributed by atoms with E-state index in [1.807, 2.05) is 12.3 Å². The Labute approximate surface area is 86.0 Å². The van der Waals surface area contributed by atoms with Crippen molar-refractivity contribution in [3.63, 3.8) is 0 Å². The van der Waals surface area contributed by atoms with E-state index in [1.54, 1.807) is 0 Å². The maximum atomic E-state index is 4.37. The zero-order valence-corrected chi connectivity index (χ0v) is 8.82. The van der Waals surface area contributed by atoms with Gasteiger partial charge in [-0.1, -0.05) is 12.5 Å². The van der Waals surface area contributed by atoms with Crippen LogP contribution < -0.4 is 0 Å². The smallest absolute Gasteiger partial charge is 0.0544 e. The first-order chi connectivity index (χ1) is 6.86. The van der Waals surface area contributed by atoms with Gasteiger partial charge in [0.2, 0.25) is 0 Å². The molecule has 1 unspecified atom stereocenters. The van der Waals surface area contributed by atoms with Crippen molar-refractivity contribution in [3.05, 3.63) is 30.1 Å². The zero-order valence-electron chi connectivity index (χ0n) is 8.82. The summed E-state index contributed by atoms with van der Waals surface area (Å²) in [7, 11) is 0. The summed E-state index contributed by atoms with van der Waals surface area (Å²) >= 11 is 0. The highest BCUT2D eigenvalue weighted by molar-refractivity contribution is 5.03. The molecule has 1 fully saturated rings. The average molecular weight is 190 g/mol. The van der Waals surface area contributed by atoms with Gasteiger partial charge in [-0.15, -0.1) is 0 Å². The van der Waals surface area contributed by atoms with E-state index in [4.69, 9.17) is 0 Å². The third-order valence-corrected chi connectivity index (χ3v) is 3.03. The van der Waals surface area contributed by atoms with E-state index < -0.39 is 0 Å². The molecule has 14 heavy (non-hydrogen) atoms. The predicted molar refractivity (Wildman–Crippen MR) is 58.0 cm³/mol. The molecule has 2 heterocycles. The lowest BCUT2D eigenvalue weighted by molar-refractivity contribution is 0.151. The number of hydrogen-bond donors (Lipinski definition) is 0. The molecule has 2 rings (SSSR count). The fourth-order valence-electron chi connectivity index (χ4n) is 2.09. The highest BCUT2D eigenvalue weighted by Crippen LogP contribution is 2.17. The Morgan fingerprint density at radius 1 is 1.43 bits per heavy atom. The summed E-state index contributed by atoms with van der Waals surface area (Å²) in [5, 5.41) is 0. The number of piperidine rings is 1. The van der Waals surface area contributed by atoms with Crippen LogP contribution in [0.3, 0.4) is 0 Å². The highest BCUT2D eigenvalue weighted by atomic mass is 15.2. The Hall–Kier alpha value is -0.890. The van der Waals surface area contributed by atoms with E-state index in [9.17, 15) is 0 Å². The fraction of sp³-hybridized carbons (Fsp3) is 0.583. The topological polar surface area (TPSA) is 16.1 Å². The van der Waals surface area contributed by atoms with Crippen LogP contribution in [0.15, 0.2) is 24.4 Å². The Kier molecular flexibility index (Phi) is 3.14. The van der Waals surface area contributed by atoms with Crippen molar-refractivity contribution in [1.82, 2.24) is 9.88 Å². The van der Waals surface area contributed by atoms with Crippen LogP contribution in [-0.2, 0) is 6.54 Å². The van der Waals surface area contributed by atoms with Crippen LogP contribution in [0, 0.1) is 0 Å². The minimum absolute atomic E-state index is 0.728. The molecule has 1 aliphatic rings. The van der Waals surface area contributed by atoms with Crippen LogP contribution in [0.5, 0.6) is 0 Å². The monoisotopic (exact) mass is 190 g/mol. The summed E-state index contributed by atoms with van der Waals surface area (Å²) in [6.45, 7) is 4.57. The second-order valence-corrected chi connectivity index (χ2v) is 4.14. The second-order valence-electron chi connectivity index (χ2n) is 4.14. The van der Waals surface area contributed by atoms with E-state index in [1.165, 1.54) is 31.5 Å². The number of rotatable bonds is 2. The minimum Gasteiger partial charge on any atom is -0.295 e. The largest absolute Gasteiger partial charge is 0.295 e. The van der Waals surface area contributed by atoms with Crippen molar-refractivity contribution >= 4 is 0 Å². The van der Waals surface area contributed by atoms with E-state index >= 15 is 0 Å². The van der Waals surface area contributed by atoms with Crippen LogP contribution in [0.4, 0.5) is 0 Å². The molecule has 1 aliphatic heterocycles. The molecule has 0 bridgehead atoms. The summed E-state index contributed by atoms with van der Waals surface area (Å²) in [4.78, 5) is 6.90. The average Bonchev–Trinajstić information content (AvgIpc) is 2.23. The van der Waals surface area contributed by atoms with Gasteiger partial charge in [0.05, 0.1) is 5.69 Å². The Balaban J connectivity index is 1.96. The summed E-state index contributed by atoms with van der Waals surface area (Å²) in [5.41, 5.74) is 1.20. The number of hydrogen-bond acceptors (Lipinski definition) is 2. The zero-order chi connectivity index (χ0) is 9.80. The van der Waals surface area contributed by atoms with Crippen LogP contribution in [0.25, 0.3) is 0 Å². The van der Waals surface area contributed by atoms with Gasteiger partial charge in [0.15, 0.2) is 0 Å². The van der Waals surface area contributed by atoms with Gasteiger partial charge >= 0.3 is 0 Å². The first-order valence-corrected chi connectivity index (χ1v) is 5.50. The van der Waals surface area contributed by atoms with Gasteiger partial charge in [-0.3, -0.25) is 9.88 Å². The molecule has 0 aromatic carbocycles. The SMILES string of the molecule is CC1CCCCN1Cc1ccccn1. The van der Waals surface area contributed by atoms with E-state index in [0.717, 1.165) is 12.6 Å². The molecular formula is C12H18N2. The number of pyridine rings is 1. The standard InChI is InChI=1S/C12H18N2/c1-11-6-3-5-9-14(11)10-12-7-2-4-8-13-12/h2,4,7-8,11H,3,5-6,9-10H2,1H3. The van der Waals surface area contributed by atoms with Crippen molar-refractivity contribution in [1.29, 1.82) is 0 Å². The third kappa shape index (κ3) is 2.32. The van der Waals surface area contributed by atoms with Gasteiger partial charge in [0.25, 0.3) is 0 Å². The van der Waals surface area contributed by atoms with Crippen LogP contribution >= 0.6 is 0 Å². The summed E-state index contributed by atoms with van der Waals surface area (Å²) in [6.07, 6.45) is 5.95. The molecule has 0 N–H and O–H groups in total. The maximum Gasteiger partial charge on any atom is 0.0544 e. The van der Waals surface area contributed by atoms with E-state index in [-0.39, 0.29) is 0 Å². The molecule has 2 nitrogen and oxygen atoms in total. The Morgan fingerprint density at radius 2 is 2.36 bits per heavy atom. The second kappa shape index (κ2) is 4.56. The number of nitrogens with zero attached hydrogens (tertiary/aromatic N) is 2. The first-order valence-electron chi connectivity index (χ1n) is 5.50. The molecule has 0 spiro atoms. The van der Waals surface area contributed by atoms with Gasteiger partial charge in [-0.2, -0.15) is 0 Å². The van der Waals surface area contributed by atoms with Crippen molar-refractivity contribution in [3.8, 4) is 0 Å². The Bertz CT molecular complexity index is 271. The van der Waals surface area contributed by atoms with Gasteiger partial charge in [0, 0.05) is 18.8 Å². The van der Waals surface area contributed by atoms with Gasteiger partial charge in [-0.25, -0.2) is 0 Å². The van der Waals surface area contributed by atoms with Crippen molar-refractivity contribution < 1.29 is 0 Å². The lowest BCUT2D eigenvalue weighted by Crippen LogP contribution is -2.36. The normalized spacial score (nSPS) is 23.6.